The van der Waals surface area contributed by atoms with Gasteiger partial charge in [-0.25, -0.2) is 22.3 Å². The third kappa shape index (κ3) is 7.43. The minimum absolute atomic E-state index is 0.00238. The van der Waals surface area contributed by atoms with Gasteiger partial charge in [-0.05, 0) is 60.0 Å². The number of carbonyl (C=O) groups excluding carboxylic acids is 3. The van der Waals surface area contributed by atoms with Crippen LogP contribution in [0.2, 0.25) is 0 Å². The van der Waals surface area contributed by atoms with Gasteiger partial charge in [0.1, 0.15) is 12.1 Å². The van der Waals surface area contributed by atoms with Crippen LogP contribution in [-0.2, 0) is 42.0 Å². The first-order valence-electron chi connectivity index (χ1n) is 18.9. The van der Waals surface area contributed by atoms with E-state index in [9.17, 15) is 22.8 Å². The lowest BCUT2D eigenvalue weighted by molar-refractivity contribution is -0.199. The number of fused-ring (bicyclic) bond motifs is 1. The van der Waals surface area contributed by atoms with Gasteiger partial charge in [0.15, 0.2) is 0 Å². The number of rotatable bonds is 10. The minimum atomic E-state index is -3.52. The van der Waals surface area contributed by atoms with Crippen LogP contribution in [0.4, 0.5) is 9.59 Å². The summed E-state index contributed by atoms with van der Waals surface area (Å²) in [4.78, 5) is 44.9. The summed E-state index contributed by atoms with van der Waals surface area (Å²) in [7, 11) is -2.67. The Morgan fingerprint density at radius 2 is 1.73 bits per heavy atom. The molecule has 52 heavy (non-hydrogen) atoms. The Hall–Kier alpha value is -2.88. The molecule has 8 atom stereocenters. The van der Waals surface area contributed by atoms with Crippen LogP contribution in [0.1, 0.15) is 91.7 Å². The molecule has 2 bridgehead atoms. The van der Waals surface area contributed by atoms with Crippen LogP contribution in [-0.4, -0.2) is 110 Å². The summed E-state index contributed by atoms with van der Waals surface area (Å²) in [5, 5.41) is 6.21. The van der Waals surface area contributed by atoms with Gasteiger partial charge in [-0.1, -0.05) is 72.2 Å². The molecule has 0 aromatic heterocycles. The third-order valence-corrected chi connectivity index (χ3v) is 14.0. The number of urea groups is 1. The van der Waals surface area contributed by atoms with Crippen LogP contribution in [0.5, 0.6) is 0 Å². The van der Waals surface area contributed by atoms with E-state index in [-0.39, 0.29) is 36.9 Å². The van der Waals surface area contributed by atoms with Crippen LogP contribution in [0.3, 0.4) is 0 Å². The van der Waals surface area contributed by atoms with Gasteiger partial charge in [0, 0.05) is 39.1 Å². The van der Waals surface area contributed by atoms with Crippen molar-refractivity contribution in [1.82, 2.24) is 24.7 Å². The van der Waals surface area contributed by atoms with Gasteiger partial charge in [0.25, 0.3) is 0 Å². The molecule has 1 aromatic carbocycles. The summed E-state index contributed by atoms with van der Waals surface area (Å²) in [6.45, 7) is 15.5. The highest BCUT2D eigenvalue weighted by atomic mass is 32.2. The van der Waals surface area contributed by atoms with E-state index in [2.05, 4.69) is 31.4 Å². The Morgan fingerprint density at radius 3 is 2.31 bits per heavy atom. The van der Waals surface area contributed by atoms with Crippen LogP contribution in [0.15, 0.2) is 24.3 Å². The Balaban J connectivity index is 1.19. The molecule has 3 aliphatic carbocycles. The van der Waals surface area contributed by atoms with Crippen molar-refractivity contribution in [2.45, 2.75) is 129 Å². The van der Waals surface area contributed by atoms with Crippen LogP contribution >= 0.6 is 0 Å². The molecule has 4 amide bonds. The lowest BCUT2D eigenvalue weighted by Gasteiger charge is -2.64. The van der Waals surface area contributed by atoms with Crippen molar-refractivity contribution in [3.63, 3.8) is 0 Å². The number of hydrogen-bond acceptors (Lipinski definition) is 8. The van der Waals surface area contributed by atoms with Crippen LogP contribution in [0.25, 0.3) is 0 Å². The van der Waals surface area contributed by atoms with E-state index in [1.807, 2.05) is 52.0 Å². The molecule has 7 rings (SSSR count). The molecule has 3 saturated carbocycles. The Labute approximate surface area is 310 Å². The average molecular weight is 744 g/mol. The smallest absolute Gasteiger partial charge is 0.444 e. The number of likely N-dealkylation sites (tertiary alicyclic amines) is 1. The molecule has 0 unspecified atom stereocenters. The van der Waals surface area contributed by atoms with Gasteiger partial charge in [-0.15, -0.1) is 0 Å². The van der Waals surface area contributed by atoms with E-state index >= 15 is 0 Å². The highest BCUT2D eigenvalue weighted by molar-refractivity contribution is 7.88. The number of carbonyl (C=O) groups is 3. The number of nitrogens with one attached hydrogen (secondary N) is 2. The molecular weight excluding hydrogens is 685 g/mol. The van der Waals surface area contributed by atoms with Crippen LogP contribution in [0, 0.1) is 22.7 Å². The molecular formula is C37H58BN5O8S. The molecule has 0 spiro atoms. The first-order chi connectivity index (χ1) is 24.2. The number of hydrogen-bond donors (Lipinski definition) is 2. The van der Waals surface area contributed by atoms with Gasteiger partial charge in [-0.3, -0.25) is 9.69 Å². The topological polar surface area (TPSA) is 147 Å². The second-order valence-electron chi connectivity index (χ2n) is 17.7. The van der Waals surface area contributed by atoms with E-state index < -0.39 is 64.4 Å². The van der Waals surface area contributed by atoms with Crippen molar-refractivity contribution in [3.05, 3.63) is 35.4 Å². The molecule has 15 heteroatoms. The van der Waals surface area contributed by atoms with E-state index in [0.29, 0.717) is 31.3 Å². The molecule has 2 saturated heterocycles. The Bertz CT molecular complexity index is 1630. The summed E-state index contributed by atoms with van der Waals surface area (Å²) < 4.78 is 45.1. The standard InChI is InChI=1S/C37H58BN5O8S/c1-10-13-31(38-50-30-17-25-16-28(36(25,5)6)37(30,7)51-38)40-32(44)27-18-26(49-34(46)42-19-23-14-11-12-15-24(23)20-42)21-43(27)33(45)39-29(35(2,3)4)22-41(8)52(9,47)48/h11-12,14-15,25-31H,10,13,16-22H2,1-9H3,(H,39,45)(H,40,44)/t25-,26-,27+,28-,29-,30-,31+,37+/m1/s1. The summed E-state index contributed by atoms with van der Waals surface area (Å²) in [6, 6.07) is 5.78. The fraction of sp³-hybridized carbons (Fsp3) is 0.757. The third-order valence-electron chi connectivity index (χ3n) is 12.8. The summed E-state index contributed by atoms with van der Waals surface area (Å²) in [6.07, 6.45) is 3.40. The number of nitrogens with zero attached hydrogens (tertiary/aromatic N) is 3. The highest BCUT2D eigenvalue weighted by Gasteiger charge is 2.68. The maximum Gasteiger partial charge on any atom is 0.481 e. The van der Waals surface area contributed by atoms with E-state index in [4.69, 9.17) is 14.0 Å². The molecule has 6 aliphatic rings. The monoisotopic (exact) mass is 743 g/mol. The van der Waals surface area contributed by atoms with Crippen molar-refractivity contribution in [2.75, 3.05) is 26.4 Å². The zero-order valence-corrected chi connectivity index (χ0v) is 33.1. The van der Waals surface area contributed by atoms with Gasteiger partial charge >= 0.3 is 19.2 Å². The molecule has 1 aromatic rings. The first-order valence-corrected chi connectivity index (χ1v) is 20.7. The molecule has 2 N–H and O–H groups in total. The zero-order valence-electron chi connectivity index (χ0n) is 32.3. The first kappa shape index (κ1) is 38.8. The van der Waals surface area contributed by atoms with Crippen molar-refractivity contribution >= 4 is 35.2 Å². The lowest BCUT2D eigenvalue weighted by Crippen LogP contribution is -2.65. The highest BCUT2D eigenvalue weighted by Crippen LogP contribution is 2.65. The lowest BCUT2D eigenvalue weighted by atomic mass is 9.43. The molecule has 13 nitrogen and oxygen atoms in total. The fourth-order valence-corrected chi connectivity index (χ4v) is 9.55. The maximum atomic E-state index is 14.3. The van der Waals surface area contributed by atoms with Crippen LogP contribution < -0.4 is 10.6 Å². The zero-order chi connectivity index (χ0) is 38.0. The fourth-order valence-electron chi connectivity index (χ4n) is 9.13. The normalized spacial score (nSPS) is 30.3. The van der Waals surface area contributed by atoms with Crippen molar-refractivity contribution in [1.29, 1.82) is 0 Å². The van der Waals surface area contributed by atoms with Gasteiger partial charge in [0.2, 0.25) is 15.9 Å². The summed E-state index contributed by atoms with van der Waals surface area (Å²) in [5.74, 6) is 0.141. The second kappa shape index (κ2) is 14.1. The second-order valence-corrected chi connectivity index (χ2v) is 19.8. The largest absolute Gasteiger partial charge is 0.481 e. The molecule has 0 radical (unpaired) electrons. The molecule has 3 aliphatic heterocycles. The predicted octanol–water partition coefficient (Wildman–Crippen LogP) is 4.15. The van der Waals surface area contributed by atoms with Crippen molar-refractivity contribution < 1.29 is 36.8 Å². The number of likely N-dealkylation sites (N-methyl/N-ethyl adjacent to an activating group) is 1. The van der Waals surface area contributed by atoms with Gasteiger partial charge in [-0.2, -0.15) is 0 Å². The number of sulfonamides is 1. The average Bonchev–Trinajstić information content (AvgIpc) is 3.77. The van der Waals surface area contributed by atoms with Gasteiger partial charge < -0.3 is 29.6 Å². The molecule has 3 heterocycles. The summed E-state index contributed by atoms with van der Waals surface area (Å²) >= 11 is 0. The molecule has 288 valence electrons. The van der Waals surface area contributed by atoms with Crippen molar-refractivity contribution in [2.24, 2.45) is 22.7 Å². The number of amides is 4. The minimum Gasteiger partial charge on any atom is -0.444 e. The van der Waals surface area contributed by atoms with E-state index in [0.717, 1.165) is 36.6 Å². The SMILES string of the molecule is CCC[C@H](NC(=O)[C@@H]1C[C@@H](OC(=O)N2Cc3ccccc3C2)CN1C(=O)N[C@H](CN(C)S(C)(=O)=O)C(C)(C)C)B1O[C@@H]2C[C@H]3C[C@H](C3(C)C)[C@]2(C)O1. The quantitative estimate of drug-likeness (QED) is 0.340. The van der Waals surface area contributed by atoms with Gasteiger partial charge in [0.05, 0.1) is 30.4 Å². The maximum absolute atomic E-state index is 14.3. The van der Waals surface area contributed by atoms with E-state index in [1.54, 1.807) is 4.90 Å². The number of ether oxygens (including phenoxy) is 1. The number of benzene rings is 1. The summed E-state index contributed by atoms with van der Waals surface area (Å²) in [5.41, 5.74) is 1.34. The van der Waals surface area contributed by atoms with E-state index in [1.165, 1.54) is 16.3 Å². The molecule has 5 fully saturated rings. The van der Waals surface area contributed by atoms with Crippen molar-refractivity contribution in [3.8, 4) is 0 Å². The predicted molar refractivity (Wildman–Crippen MR) is 197 cm³/mol. The Kier molecular flexibility index (Phi) is 10.5. The Morgan fingerprint density at radius 1 is 1.08 bits per heavy atom.